The Hall–Kier alpha value is -0.338. The van der Waals surface area contributed by atoms with E-state index in [0.29, 0.717) is 12.2 Å². The van der Waals surface area contributed by atoms with Crippen LogP contribution in [-0.2, 0) is 9.53 Å². The van der Waals surface area contributed by atoms with Gasteiger partial charge in [-0.15, -0.1) is 0 Å². The Morgan fingerprint density at radius 2 is 1.79 bits per heavy atom. The van der Waals surface area contributed by atoms with Crippen molar-refractivity contribution in [2.75, 3.05) is 20.8 Å². The minimum absolute atomic E-state index is 0.293. The molecule has 0 unspecified atom stereocenters. The van der Waals surface area contributed by atoms with Crippen LogP contribution in [0.5, 0.6) is 0 Å². The smallest absolute Gasteiger partial charge is 0.153 e. The van der Waals surface area contributed by atoms with Gasteiger partial charge in [0.05, 0.1) is 0 Å². The van der Waals surface area contributed by atoms with Crippen molar-refractivity contribution in [3.05, 3.63) is 12.2 Å². The third-order valence-corrected chi connectivity index (χ3v) is 1.34. The van der Waals surface area contributed by atoms with Crippen molar-refractivity contribution in [3.8, 4) is 0 Å². The molecule has 0 atom stereocenters. The summed E-state index contributed by atoms with van der Waals surface area (Å²) in [5.74, 6) is -0.293. The average Bonchev–Trinajstić information content (AvgIpc) is 2.24. The molecule has 0 heterocycles. The van der Waals surface area contributed by atoms with Crippen molar-refractivity contribution < 1.29 is 19.7 Å². The number of hydrogen-bond acceptors (Lipinski definition) is 4. The molecule has 0 spiro atoms. The van der Waals surface area contributed by atoms with Gasteiger partial charge in [0.2, 0.25) is 0 Å². The number of esters is 1. The Kier molecular flexibility index (Phi) is 25.4. The summed E-state index contributed by atoms with van der Waals surface area (Å²) in [5, 5.41) is 17.5. The predicted octanol–water partition coefficient (Wildman–Crippen LogP) is -0.964. The molecule has 0 radical (unpaired) electrons. The van der Waals surface area contributed by atoms with Gasteiger partial charge >= 0.3 is 69.2 Å². The molecule has 0 aromatic heterocycles. The summed E-state index contributed by atoms with van der Waals surface area (Å²) in [7, 11) is 1.50. The second-order valence-electron chi connectivity index (χ2n) is 2.06. The molecule has 5 heteroatoms. The van der Waals surface area contributed by atoms with Gasteiger partial charge in [-0.3, -0.25) is 0 Å². The minimum atomic E-state index is -0.293. The Morgan fingerprint density at radius 1 is 1.36 bits per heavy atom. The first kappa shape index (κ1) is 19.3. The zero-order valence-corrected chi connectivity index (χ0v) is 10.2. The number of carbonyl (C=O) groups excluding carboxylic acids is 1. The van der Waals surface area contributed by atoms with Gasteiger partial charge < -0.3 is 10.2 Å². The van der Waals surface area contributed by atoms with Gasteiger partial charge in [0.1, 0.15) is 0 Å². The average molecular weight is 216 g/mol. The van der Waals surface area contributed by atoms with Gasteiger partial charge in [-0.25, -0.2) is 0 Å². The fourth-order valence-corrected chi connectivity index (χ4v) is 0.538. The Balaban J connectivity index is -0.000000266. The summed E-state index contributed by atoms with van der Waals surface area (Å²) >= 11 is 2.57. The van der Waals surface area contributed by atoms with Gasteiger partial charge in [-0.2, -0.15) is 14.2 Å². The second-order valence-corrected chi connectivity index (χ2v) is 2.64. The van der Waals surface area contributed by atoms with Crippen molar-refractivity contribution in [1.29, 1.82) is 0 Å². The molecule has 0 amide bonds. The van der Waals surface area contributed by atoms with Crippen LogP contribution in [-0.4, -0.2) is 43.1 Å². The van der Waals surface area contributed by atoms with Crippen LogP contribution in [0.15, 0.2) is 12.2 Å². The Labute approximate surface area is 94.0 Å². The predicted molar refractivity (Wildman–Crippen MR) is 52.8 cm³/mol. The molecule has 14 heavy (non-hydrogen) atoms. The normalized spacial score (nSPS) is 7.36. The molecule has 0 saturated carbocycles. The molecule has 0 aromatic carbocycles. The summed E-state index contributed by atoms with van der Waals surface area (Å²) in [4.78, 5) is 10.7. The number of rotatable bonds is 4. The van der Waals surface area contributed by atoms with Gasteiger partial charge in [0.25, 0.3) is 0 Å². The van der Waals surface area contributed by atoms with Crippen molar-refractivity contribution in [2.24, 2.45) is 0 Å². The summed E-state index contributed by atoms with van der Waals surface area (Å²) < 4.78 is 4.79. The summed E-state index contributed by atoms with van der Waals surface area (Å²) in [6, 6.07) is 0. The van der Waals surface area contributed by atoms with E-state index >= 15 is 0 Å². The van der Waals surface area contributed by atoms with E-state index in [9.17, 15) is 4.79 Å². The van der Waals surface area contributed by atoms with Gasteiger partial charge in [-0.1, -0.05) is 0 Å². The summed E-state index contributed by atoms with van der Waals surface area (Å²) in [6.45, 7) is 5.59. The van der Waals surface area contributed by atoms with E-state index in [4.69, 9.17) is 14.9 Å². The van der Waals surface area contributed by atoms with Crippen LogP contribution < -0.4 is 10.2 Å². The molecule has 0 saturated heterocycles. The topological polar surface area (TPSA) is 72.4 Å². The molecule has 0 N–H and O–H groups in total. The summed E-state index contributed by atoms with van der Waals surface area (Å²) in [6.07, 6.45) is 0.893. The monoisotopic (exact) mass is 216 g/mol. The van der Waals surface area contributed by atoms with Gasteiger partial charge in [-0.05, 0) is 0 Å². The molecule has 0 rings (SSSR count). The molecule has 0 aliphatic rings. The fourth-order valence-electron chi connectivity index (χ4n) is 0.371. The molecule has 0 aliphatic carbocycles. The van der Waals surface area contributed by atoms with Gasteiger partial charge in [0, 0.05) is 0 Å². The summed E-state index contributed by atoms with van der Waals surface area (Å²) in [5.41, 5.74) is 0.462. The number of ether oxygens (including phenoxy) is 1. The van der Waals surface area contributed by atoms with Crippen LogP contribution in [0.2, 0.25) is 5.28 Å². The first-order valence-corrected chi connectivity index (χ1v) is 4.84. The molecule has 0 aliphatic heterocycles. The Bertz CT molecular complexity index is 137. The maximum Gasteiger partial charge on any atom is -0.153 e. The van der Waals surface area contributed by atoms with E-state index in [-0.39, 0.29) is 5.97 Å². The molecular formula is C9H17AlO4. The van der Waals surface area contributed by atoms with Crippen molar-refractivity contribution in [1.82, 2.24) is 0 Å². The molecular weight excluding hydrogens is 199 g/mol. The zero-order chi connectivity index (χ0) is 12.0. The molecule has 4 nitrogen and oxygen atoms in total. The maximum atomic E-state index is 10.7. The standard InChI is InChI=1S/C7H11O2.2CH3O.Al/c1-4-5-9-7(8)6(2)3;2*1-2;/h1-2,4-5H2,3H3;2*1H3;/q;2*-1;+2. The zero-order valence-electron chi connectivity index (χ0n) is 9.04. The Morgan fingerprint density at radius 3 is 2.07 bits per heavy atom. The van der Waals surface area contributed by atoms with E-state index in [1.165, 1.54) is 0 Å². The van der Waals surface area contributed by atoms with E-state index in [2.05, 4.69) is 22.9 Å². The first-order chi connectivity index (χ1) is 6.68. The fraction of sp³-hybridized carbons (Fsp3) is 0.667. The van der Waals surface area contributed by atoms with Crippen LogP contribution in [0.1, 0.15) is 13.3 Å². The SMILES string of the molecule is C=C(C)C(=O)OCC[CH2][Al+2].C[O-].C[O-]. The van der Waals surface area contributed by atoms with Crippen LogP contribution in [0.3, 0.4) is 0 Å². The first-order valence-electron chi connectivity index (χ1n) is 4.03. The number of hydrogen-bond donors (Lipinski definition) is 0. The largest absolute Gasteiger partial charge is 0.857 e. The van der Waals surface area contributed by atoms with Crippen LogP contribution >= 0.6 is 0 Å². The quantitative estimate of drug-likeness (QED) is 0.262. The van der Waals surface area contributed by atoms with E-state index in [1.54, 1.807) is 6.92 Å². The van der Waals surface area contributed by atoms with Crippen molar-refractivity contribution >= 4 is 22.3 Å². The van der Waals surface area contributed by atoms with E-state index in [1.807, 2.05) is 0 Å². The molecule has 80 valence electrons. The van der Waals surface area contributed by atoms with E-state index < -0.39 is 0 Å². The van der Waals surface area contributed by atoms with Crippen LogP contribution in [0.25, 0.3) is 0 Å². The van der Waals surface area contributed by atoms with Gasteiger partial charge in [0.15, 0.2) is 0 Å². The molecule has 0 bridgehead atoms. The third-order valence-electron chi connectivity index (χ3n) is 0.930. The van der Waals surface area contributed by atoms with Crippen molar-refractivity contribution in [3.63, 3.8) is 0 Å². The molecule has 0 fully saturated rings. The minimum Gasteiger partial charge on any atom is -0.857 e. The second kappa shape index (κ2) is 18.4. The van der Waals surface area contributed by atoms with E-state index in [0.717, 1.165) is 25.9 Å². The third kappa shape index (κ3) is 17.7. The van der Waals surface area contributed by atoms with Crippen LogP contribution in [0, 0.1) is 0 Å². The van der Waals surface area contributed by atoms with Crippen molar-refractivity contribution in [2.45, 2.75) is 18.6 Å². The maximum absolute atomic E-state index is 10.7. The number of carbonyl (C=O) groups is 1. The molecule has 0 aromatic rings. The van der Waals surface area contributed by atoms with Crippen LogP contribution in [0.4, 0.5) is 0 Å².